The summed E-state index contributed by atoms with van der Waals surface area (Å²) in [6.45, 7) is 5.79. The van der Waals surface area contributed by atoms with Crippen molar-refractivity contribution in [3.63, 3.8) is 0 Å². The second-order valence-electron chi connectivity index (χ2n) is 6.13. The maximum atomic E-state index is 12.7. The number of aliphatic hydroxyl groups is 1. The fraction of sp³-hybridized carbons (Fsp3) is 0.500. The number of aromatic nitrogens is 1. The summed E-state index contributed by atoms with van der Waals surface area (Å²) in [7, 11) is 0. The van der Waals surface area contributed by atoms with Crippen molar-refractivity contribution in [2.75, 3.05) is 39.3 Å². The van der Waals surface area contributed by atoms with Crippen LogP contribution in [0.25, 0.3) is 10.9 Å². The van der Waals surface area contributed by atoms with Crippen LogP contribution >= 0.6 is 0 Å². The minimum absolute atomic E-state index is 0.0488. The topological polar surface area (TPSA) is 68.8 Å². The molecule has 3 rings (SSSR count). The zero-order chi connectivity index (χ0) is 16.9. The molecule has 1 saturated heterocycles. The summed E-state index contributed by atoms with van der Waals surface area (Å²) >= 11 is 0. The fourth-order valence-corrected chi connectivity index (χ4v) is 3.11. The quantitative estimate of drug-likeness (QED) is 0.841. The number of benzene rings is 1. The first kappa shape index (κ1) is 16.8. The van der Waals surface area contributed by atoms with Crippen molar-refractivity contribution in [1.29, 1.82) is 0 Å². The zero-order valence-corrected chi connectivity index (χ0v) is 14.1. The summed E-state index contributed by atoms with van der Waals surface area (Å²) in [5.41, 5.74) is 1.01. The molecular formula is C18H25N3O3. The Hall–Kier alpha value is -2.05. The first-order valence-electron chi connectivity index (χ1n) is 8.57. The van der Waals surface area contributed by atoms with Crippen LogP contribution in [0.15, 0.2) is 30.5 Å². The average Bonchev–Trinajstić information content (AvgIpc) is 3.08. The summed E-state index contributed by atoms with van der Waals surface area (Å²) in [5, 5.41) is 10.1. The minimum Gasteiger partial charge on any atom is -0.481 e. The van der Waals surface area contributed by atoms with Gasteiger partial charge < -0.3 is 19.7 Å². The summed E-state index contributed by atoms with van der Waals surface area (Å²) in [5.74, 6) is 0.761. The van der Waals surface area contributed by atoms with E-state index in [2.05, 4.69) is 9.88 Å². The summed E-state index contributed by atoms with van der Waals surface area (Å²) in [6.07, 6.45) is 2.07. The maximum Gasteiger partial charge on any atom is 0.263 e. The Morgan fingerprint density at radius 2 is 2.08 bits per heavy atom. The van der Waals surface area contributed by atoms with E-state index in [4.69, 9.17) is 9.84 Å². The smallest absolute Gasteiger partial charge is 0.263 e. The number of rotatable bonds is 6. The lowest BCUT2D eigenvalue weighted by Crippen LogP contribution is -2.52. The van der Waals surface area contributed by atoms with Gasteiger partial charge in [-0.1, -0.05) is 6.92 Å². The van der Waals surface area contributed by atoms with Crippen molar-refractivity contribution in [3.8, 4) is 5.75 Å². The van der Waals surface area contributed by atoms with E-state index in [1.54, 1.807) is 0 Å². The number of nitrogens with one attached hydrogen (secondary N) is 1. The van der Waals surface area contributed by atoms with Gasteiger partial charge in [-0.05, 0) is 30.0 Å². The van der Waals surface area contributed by atoms with Gasteiger partial charge in [-0.15, -0.1) is 0 Å². The van der Waals surface area contributed by atoms with Crippen molar-refractivity contribution in [3.05, 3.63) is 30.5 Å². The molecule has 1 aliphatic rings. The standard InChI is InChI=1S/C18H25N3O3/c1-2-17(18(23)21-9-7-20(8-10-21)11-12-22)24-15-4-3-14-5-6-19-16(14)13-15/h3-6,13,17,19,22H,2,7-12H2,1H3. The van der Waals surface area contributed by atoms with Crippen LogP contribution in [0.2, 0.25) is 0 Å². The molecule has 0 aliphatic carbocycles. The molecule has 24 heavy (non-hydrogen) atoms. The van der Waals surface area contributed by atoms with E-state index in [0.29, 0.717) is 31.8 Å². The highest BCUT2D eigenvalue weighted by atomic mass is 16.5. The molecule has 1 unspecified atom stereocenters. The average molecular weight is 331 g/mol. The van der Waals surface area contributed by atoms with E-state index >= 15 is 0 Å². The van der Waals surface area contributed by atoms with Crippen molar-refractivity contribution in [1.82, 2.24) is 14.8 Å². The number of hydrogen-bond donors (Lipinski definition) is 2. The van der Waals surface area contributed by atoms with Crippen molar-refractivity contribution >= 4 is 16.8 Å². The highest BCUT2D eigenvalue weighted by molar-refractivity contribution is 5.82. The molecular weight excluding hydrogens is 306 g/mol. The monoisotopic (exact) mass is 331 g/mol. The van der Waals surface area contributed by atoms with E-state index < -0.39 is 6.10 Å². The third-order valence-corrected chi connectivity index (χ3v) is 4.55. The minimum atomic E-state index is -0.457. The van der Waals surface area contributed by atoms with Gasteiger partial charge in [-0.25, -0.2) is 0 Å². The van der Waals surface area contributed by atoms with Crippen LogP contribution in [0.1, 0.15) is 13.3 Å². The molecule has 2 heterocycles. The number of amides is 1. The number of fused-ring (bicyclic) bond motifs is 1. The first-order valence-corrected chi connectivity index (χ1v) is 8.57. The Balaban J connectivity index is 1.62. The SMILES string of the molecule is CCC(Oc1ccc2cc[nH]c2c1)C(=O)N1CCN(CCO)CC1. The number of H-pyrrole nitrogens is 1. The number of aromatic amines is 1. The van der Waals surface area contributed by atoms with Crippen molar-refractivity contribution < 1.29 is 14.6 Å². The van der Waals surface area contributed by atoms with Crippen molar-refractivity contribution in [2.24, 2.45) is 0 Å². The van der Waals surface area contributed by atoms with Crippen LogP contribution in [-0.2, 0) is 4.79 Å². The molecule has 0 spiro atoms. The first-order chi connectivity index (χ1) is 11.7. The second kappa shape index (κ2) is 7.68. The number of carbonyl (C=O) groups excluding carboxylic acids is 1. The molecule has 2 N–H and O–H groups in total. The van der Waals surface area contributed by atoms with Gasteiger partial charge in [0.05, 0.1) is 6.61 Å². The predicted octanol–water partition coefficient (Wildman–Crippen LogP) is 1.46. The number of hydrogen-bond acceptors (Lipinski definition) is 4. The van der Waals surface area contributed by atoms with Crippen LogP contribution in [0.4, 0.5) is 0 Å². The summed E-state index contributed by atoms with van der Waals surface area (Å²) in [4.78, 5) is 19.9. The van der Waals surface area contributed by atoms with Gasteiger partial charge in [0.1, 0.15) is 5.75 Å². The van der Waals surface area contributed by atoms with Crippen molar-refractivity contribution in [2.45, 2.75) is 19.4 Å². The lowest BCUT2D eigenvalue weighted by atomic mass is 10.2. The third-order valence-electron chi connectivity index (χ3n) is 4.55. The van der Waals surface area contributed by atoms with Gasteiger partial charge in [0.2, 0.25) is 0 Å². The molecule has 6 nitrogen and oxygen atoms in total. The zero-order valence-electron chi connectivity index (χ0n) is 14.1. The van der Waals surface area contributed by atoms with E-state index in [9.17, 15) is 4.79 Å². The van der Waals surface area contributed by atoms with Crippen LogP contribution in [0.3, 0.4) is 0 Å². The van der Waals surface area contributed by atoms with E-state index in [0.717, 1.165) is 24.0 Å². The Morgan fingerprint density at radius 3 is 2.79 bits per heavy atom. The summed E-state index contributed by atoms with van der Waals surface area (Å²) < 4.78 is 5.97. The number of carbonyl (C=O) groups is 1. The normalized spacial score (nSPS) is 17.2. The van der Waals surface area contributed by atoms with Gasteiger partial charge in [-0.3, -0.25) is 9.69 Å². The molecule has 0 bridgehead atoms. The fourth-order valence-electron chi connectivity index (χ4n) is 3.11. The van der Waals surface area contributed by atoms with Gasteiger partial charge in [-0.2, -0.15) is 0 Å². The highest BCUT2D eigenvalue weighted by Gasteiger charge is 2.27. The van der Waals surface area contributed by atoms with Crippen LogP contribution in [0.5, 0.6) is 5.75 Å². The van der Waals surface area contributed by atoms with Gasteiger partial charge in [0, 0.05) is 50.5 Å². The molecule has 1 atom stereocenters. The number of β-amino-alcohol motifs (C(OH)–C–C–N with tert-alkyl or cyclic N) is 1. The molecule has 1 aromatic carbocycles. The lowest BCUT2D eigenvalue weighted by Gasteiger charge is -2.36. The number of nitrogens with zero attached hydrogens (tertiary/aromatic N) is 2. The molecule has 1 fully saturated rings. The molecule has 2 aromatic rings. The summed E-state index contributed by atoms with van der Waals surface area (Å²) in [6, 6.07) is 7.84. The van der Waals surface area contributed by atoms with Gasteiger partial charge >= 0.3 is 0 Å². The van der Waals surface area contributed by atoms with Crippen LogP contribution in [0, 0.1) is 0 Å². The number of piperazine rings is 1. The molecule has 130 valence electrons. The molecule has 1 aromatic heterocycles. The molecule has 1 amide bonds. The van der Waals surface area contributed by atoms with E-state index in [1.165, 1.54) is 0 Å². The Labute approximate surface area is 142 Å². The molecule has 0 radical (unpaired) electrons. The van der Waals surface area contributed by atoms with Gasteiger partial charge in [0.25, 0.3) is 5.91 Å². The Kier molecular flexibility index (Phi) is 5.37. The predicted molar refractivity (Wildman–Crippen MR) is 93.1 cm³/mol. The maximum absolute atomic E-state index is 12.7. The molecule has 6 heteroatoms. The largest absolute Gasteiger partial charge is 0.481 e. The second-order valence-corrected chi connectivity index (χ2v) is 6.13. The van der Waals surface area contributed by atoms with Gasteiger partial charge in [0.15, 0.2) is 6.10 Å². The van der Waals surface area contributed by atoms with E-state index in [-0.39, 0.29) is 12.5 Å². The highest BCUT2D eigenvalue weighted by Crippen LogP contribution is 2.21. The molecule has 0 saturated carbocycles. The Morgan fingerprint density at radius 1 is 1.29 bits per heavy atom. The van der Waals surface area contributed by atoms with E-state index in [1.807, 2.05) is 42.3 Å². The lowest BCUT2D eigenvalue weighted by molar-refractivity contribution is -0.140. The Bertz CT molecular complexity index is 677. The molecule has 1 aliphatic heterocycles. The van der Waals surface area contributed by atoms with Crippen LogP contribution in [-0.4, -0.2) is 71.2 Å². The van der Waals surface area contributed by atoms with Crippen LogP contribution < -0.4 is 4.74 Å². The number of aliphatic hydroxyl groups excluding tert-OH is 1. The third kappa shape index (κ3) is 3.71. The number of ether oxygens (including phenoxy) is 1.